The quantitative estimate of drug-likeness (QED) is 0.496. The van der Waals surface area contributed by atoms with Crippen LogP contribution in [-0.2, 0) is 0 Å². The van der Waals surface area contributed by atoms with Crippen molar-refractivity contribution in [3.05, 3.63) is 30.1 Å². The second-order valence-electron chi connectivity index (χ2n) is 8.21. The lowest BCUT2D eigenvalue weighted by Crippen LogP contribution is -2.54. The zero-order chi connectivity index (χ0) is 19.7. The molecule has 2 aliphatic rings. The molecule has 2 heterocycles. The van der Waals surface area contributed by atoms with Gasteiger partial charge in [0.2, 0.25) is 0 Å². The van der Waals surface area contributed by atoms with Crippen LogP contribution >= 0.6 is 0 Å². The molecule has 1 aromatic rings. The molecule has 6 nitrogen and oxygen atoms in total. The highest BCUT2D eigenvalue weighted by Crippen LogP contribution is 2.35. The van der Waals surface area contributed by atoms with Gasteiger partial charge in [-0.3, -0.25) is 14.9 Å². The third-order valence-electron chi connectivity index (χ3n) is 6.24. The monoisotopic (exact) mass is 387 g/mol. The van der Waals surface area contributed by atoms with Gasteiger partial charge in [0.05, 0.1) is 12.6 Å². The molecule has 0 bridgehead atoms. The Labute approximate surface area is 169 Å². The Balaban J connectivity index is 1.64. The predicted octanol–water partition coefficient (Wildman–Crippen LogP) is 2.86. The fourth-order valence-corrected chi connectivity index (χ4v) is 4.62. The number of aromatic nitrogens is 1. The molecule has 3 N–H and O–H groups in total. The number of piperidine rings is 1. The van der Waals surface area contributed by atoms with Crippen molar-refractivity contribution in [2.45, 2.75) is 69.9 Å². The number of aliphatic hydroxyl groups excluding tert-OH is 1. The number of aliphatic hydroxyl groups is 1. The van der Waals surface area contributed by atoms with Crippen LogP contribution in [0.25, 0.3) is 0 Å². The maximum absolute atomic E-state index is 10.4. The Kier molecular flexibility index (Phi) is 8.10. The third-order valence-corrected chi connectivity index (χ3v) is 6.24. The minimum atomic E-state index is -0.572. The Bertz CT molecular complexity index is 594. The van der Waals surface area contributed by atoms with Gasteiger partial charge in [-0.1, -0.05) is 25.7 Å². The summed E-state index contributed by atoms with van der Waals surface area (Å²) < 4.78 is 0. The zero-order valence-electron chi connectivity index (χ0n) is 17.4. The lowest BCUT2D eigenvalue weighted by Gasteiger charge is -2.47. The Morgan fingerprint density at radius 1 is 1.11 bits per heavy atom. The summed E-state index contributed by atoms with van der Waals surface area (Å²) >= 11 is 0. The van der Waals surface area contributed by atoms with Gasteiger partial charge < -0.3 is 15.7 Å². The second kappa shape index (κ2) is 10.8. The average Bonchev–Trinajstić information content (AvgIpc) is 2.77. The van der Waals surface area contributed by atoms with E-state index in [2.05, 4.69) is 27.4 Å². The number of nitrogens with zero attached hydrogens (tertiary/aromatic N) is 3. The van der Waals surface area contributed by atoms with Gasteiger partial charge in [-0.05, 0) is 63.4 Å². The zero-order valence-corrected chi connectivity index (χ0v) is 17.4. The summed E-state index contributed by atoms with van der Waals surface area (Å²) in [6, 6.07) is 3.70. The van der Waals surface area contributed by atoms with Gasteiger partial charge >= 0.3 is 0 Å². The molecule has 0 spiro atoms. The molecule has 28 heavy (non-hydrogen) atoms. The number of nitrogens with one attached hydrogen (secondary N) is 2. The van der Waals surface area contributed by atoms with E-state index in [0.29, 0.717) is 6.54 Å². The van der Waals surface area contributed by atoms with Crippen LogP contribution in [-0.4, -0.2) is 59.2 Å². The fourth-order valence-electron chi connectivity index (χ4n) is 4.62. The predicted molar refractivity (Wildman–Crippen MR) is 114 cm³/mol. The fraction of sp³-hybridized carbons (Fsp3) is 0.727. The van der Waals surface area contributed by atoms with Gasteiger partial charge in [-0.25, -0.2) is 0 Å². The highest BCUT2D eigenvalue weighted by Gasteiger charge is 2.38. The van der Waals surface area contributed by atoms with Crippen molar-refractivity contribution in [2.24, 2.45) is 4.99 Å². The van der Waals surface area contributed by atoms with Crippen LogP contribution in [0.4, 0.5) is 0 Å². The van der Waals surface area contributed by atoms with Crippen molar-refractivity contribution in [2.75, 3.05) is 32.7 Å². The van der Waals surface area contributed by atoms with Gasteiger partial charge in [0, 0.05) is 31.0 Å². The van der Waals surface area contributed by atoms with E-state index >= 15 is 0 Å². The lowest BCUT2D eigenvalue weighted by atomic mass is 9.79. The molecular weight excluding hydrogens is 350 g/mol. The van der Waals surface area contributed by atoms with E-state index in [0.717, 1.165) is 24.6 Å². The average molecular weight is 388 g/mol. The number of hydrogen-bond donors (Lipinski definition) is 3. The van der Waals surface area contributed by atoms with Gasteiger partial charge in [0.15, 0.2) is 5.96 Å². The molecule has 3 rings (SSSR count). The molecule has 1 aliphatic carbocycles. The van der Waals surface area contributed by atoms with Crippen molar-refractivity contribution < 1.29 is 5.11 Å². The first-order valence-electron chi connectivity index (χ1n) is 11.1. The summed E-state index contributed by atoms with van der Waals surface area (Å²) in [4.78, 5) is 11.7. The summed E-state index contributed by atoms with van der Waals surface area (Å²) in [5, 5.41) is 17.1. The van der Waals surface area contributed by atoms with Crippen molar-refractivity contribution in [1.29, 1.82) is 0 Å². The van der Waals surface area contributed by atoms with Crippen LogP contribution in [0.2, 0.25) is 0 Å². The topological polar surface area (TPSA) is 72.8 Å². The first-order chi connectivity index (χ1) is 13.7. The molecule has 156 valence electrons. The Morgan fingerprint density at radius 2 is 1.79 bits per heavy atom. The Morgan fingerprint density at radius 3 is 2.46 bits per heavy atom. The molecule has 1 saturated heterocycles. The van der Waals surface area contributed by atoms with Crippen LogP contribution < -0.4 is 10.6 Å². The first kappa shape index (κ1) is 21.1. The molecule has 0 radical (unpaired) electrons. The second-order valence-corrected chi connectivity index (χ2v) is 8.21. The number of rotatable bonds is 7. The standard InChI is InChI=1S/C22H37N5O/c1-2-24-21(25-17-20(28)19-9-13-23-14-10-19)26-18-22(11-5-3-6-12-22)27-15-7-4-8-16-27/h9-10,13-14,20,28H,2-8,11-12,15-18H2,1H3,(H2,24,25,26). The molecular formula is C22H37N5O. The van der Waals surface area contributed by atoms with E-state index in [9.17, 15) is 5.11 Å². The minimum Gasteiger partial charge on any atom is -0.387 e. The van der Waals surface area contributed by atoms with E-state index in [4.69, 9.17) is 4.99 Å². The summed E-state index contributed by atoms with van der Waals surface area (Å²) in [6.45, 7) is 6.62. The highest BCUT2D eigenvalue weighted by molar-refractivity contribution is 5.79. The summed E-state index contributed by atoms with van der Waals surface area (Å²) in [6.07, 6.45) is 13.4. The number of guanidine groups is 1. The van der Waals surface area contributed by atoms with Gasteiger partial charge in [-0.15, -0.1) is 0 Å². The van der Waals surface area contributed by atoms with Crippen LogP contribution in [0.5, 0.6) is 0 Å². The molecule has 1 atom stereocenters. The van der Waals surface area contributed by atoms with E-state index in [1.807, 2.05) is 12.1 Å². The number of hydrogen-bond acceptors (Lipinski definition) is 4. The van der Waals surface area contributed by atoms with Crippen LogP contribution in [0, 0.1) is 0 Å². The molecule has 0 amide bonds. The van der Waals surface area contributed by atoms with Crippen molar-refractivity contribution in [3.8, 4) is 0 Å². The molecule has 1 aliphatic heterocycles. The molecule has 1 aromatic heterocycles. The van der Waals surface area contributed by atoms with Crippen molar-refractivity contribution >= 4 is 5.96 Å². The van der Waals surface area contributed by atoms with E-state index < -0.39 is 6.10 Å². The number of likely N-dealkylation sites (tertiary alicyclic amines) is 1. The van der Waals surface area contributed by atoms with Crippen molar-refractivity contribution in [3.63, 3.8) is 0 Å². The third kappa shape index (κ3) is 5.67. The van der Waals surface area contributed by atoms with Crippen molar-refractivity contribution in [1.82, 2.24) is 20.5 Å². The van der Waals surface area contributed by atoms with Gasteiger partial charge in [-0.2, -0.15) is 0 Å². The largest absolute Gasteiger partial charge is 0.387 e. The SMILES string of the molecule is CCNC(=NCC1(N2CCCCC2)CCCCC1)NCC(O)c1ccncc1. The molecule has 0 aromatic carbocycles. The van der Waals surface area contributed by atoms with Gasteiger partial charge in [0.25, 0.3) is 0 Å². The molecule has 6 heteroatoms. The molecule has 1 saturated carbocycles. The van der Waals surface area contributed by atoms with Crippen LogP contribution in [0.1, 0.15) is 70.0 Å². The number of aliphatic imine (C=N–C) groups is 1. The molecule has 2 fully saturated rings. The van der Waals surface area contributed by atoms with Crippen LogP contribution in [0.15, 0.2) is 29.5 Å². The van der Waals surface area contributed by atoms with E-state index in [1.165, 1.54) is 64.5 Å². The lowest BCUT2D eigenvalue weighted by molar-refractivity contribution is 0.0407. The summed E-state index contributed by atoms with van der Waals surface area (Å²) in [5.41, 5.74) is 1.10. The van der Waals surface area contributed by atoms with Gasteiger partial charge in [0.1, 0.15) is 0 Å². The van der Waals surface area contributed by atoms with E-state index in [-0.39, 0.29) is 5.54 Å². The smallest absolute Gasteiger partial charge is 0.191 e. The first-order valence-corrected chi connectivity index (χ1v) is 11.1. The minimum absolute atomic E-state index is 0.227. The van der Waals surface area contributed by atoms with E-state index in [1.54, 1.807) is 12.4 Å². The summed E-state index contributed by atoms with van der Waals surface area (Å²) in [5.74, 6) is 0.803. The summed E-state index contributed by atoms with van der Waals surface area (Å²) in [7, 11) is 0. The molecule has 1 unspecified atom stereocenters. The Hall–Kier alpha value is -1.66. The normalized spacial score (nSPS) is 21.9. The maximum Gasteiger partial charge on any atom is 0.191 e. The number of pyridine rings is 1. The maximum atomic E-state index is 10.4. The van der Waals surface area contributed by atoms with Crippen LogP contribution in [0.3, 0.4) is 0 Å². The highest BCUT2D eigenvalue weighted by atomic mass is 16.3.